The zero-order chi connectivity index (χ0) is 9.23. The van der Waals surface area contributed by atoms with Crippen molar-refractivity contribution in [2.24, 2.45) is 11.8 Å². The van der Waals surface area contributed by atoms with Crippen molar-refractivity contribution < 1.29 is 8.76 Å². The molecule has 0 saturated heterocycles. The third-order valence-electron chi connectivity index (χ3n) is 2.55. The molecule has 3 heteroatoms. The van der Waals surface area contributed by atoms with E-state index in [-0.39, 0.29) is 5.92 Å². The van der Waals surface area contributed by atoms with Gasteiger partial charge in [0.25, 0.3) is 0 Å². The Kier molecular flexibility index (Phi) is 3.71. The van der Waals surface area contributed by atoms with Gasteiger partial charge in [0.2, 0.25) is 0 Å². The number of hydrogen-bond acceptors (Lipinski definition) is 1. The molecule has 0 rings (SSSR count). The van der Waals surface area contributed by atoms with E-state index in [4.69, 9.17) is 4.55 Å². The molecule has 2 nitrogen and oxygen atoms in total. The van der Waals surface area contributed by atoms with Gasteiger partial charge in [0.05, 0.1) is 4.75 Å². The van der Waals surface area contributed by atoms with E-state index in [9.17, 15) is 4.21 Å². The van der Waals surface area contributed by atoms with Gasteiger partial charge in [-0.05, 0) is 25.7 Å². The summed E-state index contributed by atoms with van der Waals surface area (Å²) in [5, 5.41) is 0. The maximum absolute atomic E-state index is 10.9. The third-order valence-corrected chi connectivity index (χ3v) is 3.82. The fraction of sp³-hybridized carbons (Fsp3) is 1.00. The number of hydrogen-bond donors (Lipinski definition) is 1. The van der Waals surface area contributed by atoms with Crippen molar-refractivity contribution in [2.75, 3.05) is 0 Å². The van der Waals surface area contributed by atoms with Crippen molar-refractivity contribution in [3.8, 4) is 0 Å². The summed E-state index contributed by atoms with van der Waals surface area (Å²) in [7, 11) is 0. The maximum atomic E-state index is 10.9. The van der Waals surface area contributed by atoms with Crippen LogP contribution in [0.1, 0.15) is 34.6 Å². The Morgan fingerprint density at radius 2 is 1.64 bits per heavy atom. The molecule has 2 unspecified atom stereocenters. The van der Waals surface area contributed by atoms with Gasteiger partial charge in [0.1, 0.15) is 0 Å². The summed E-state index contributed by atoms with van der Waals surface area (Å²) in [5.74, 6) is 0.703. The zero-order valence-corrected chi connectivity index (χ0v) is 8.73. The highest BCUT2D eigenvalue weighted by molar-refractivity contribution is 7.80. The second-order valence-corrected chi connectivity index (χ2v) is 5.44. The van der Waals surface area contributed by atoms with E-state index in [1.54, 1.807) is 0 Å². The lowest BCUT2D eigenvalue weighted by atomic mass is 9.87. The highest BCUT2D eigenvalue weighted by atomic mass is 32.2. The van der Waals surface area contributed by atoms with Crippen LogP contribution in [0.5, 0.6) is 0 Å². The molecule has 1 N–H and O–H groups in total. The first-order valence-corrected chi connectivity index (χ1v) is 5.01. The van der Waals surface area contributed by atoms with E-state index in [1.165, 1.54) is 0 Å². The fourth-order valence-corrected chi connectivity index (χ4v) is 1.55. The number of rotatable bonds is 3. The summed E-state index contributed by atoms with van der Waals surface area (Å²) in [6.45, 7) is 9.80. The van der Waals surface area contributed by atoms with Crippen molar-refractivity contribution in [1.82, 2.24) is 0 Å². The van der Waals surface area contributed by atoms with E-state index < -0.39 is 15.8 Å². The minimum absolute atomic E-state index is 0.258. The molecule has 0 saturated carbocycles. The summed E-state index contributed by atoms with van der Waals surface area (Å²) in [4.78, 5) is 0. The molecule has 0 aromatic rings. The van der Waals surface area contributed by atoms with Crippen molar-refractivity contribution in [1.29, 1.82) is 0 Å². The first-order valence-electron chi connectivity index (χ1n) is 3.91. The first-order chi connectivity index (χ1) is 4.80. The minimum Gasteiger partial charge on any atom is -0.306 e. The van der Waals surface area contributed by atoms with Crippen molar-refractivity contribution in [2.45, 2.75) is 39.4 Å². The lowest BCUT2D eigenvalue weighted by Gasteiger charge is -2.30. The van der Waals surface area contributed by atoms with Crippen molar-refractivity contribution in [3.63, 3.8) is 0 Å². The Hall–Kier alpha value is 0.110. The monoisotopic (exact) mass is 178 g/mol. The molecule has 2 atom stereocenters. The smallest absolute Gasteiger partial charge is 0.158 e. The van der Waals surface area contributed by atoms with Gasteiger partial charge in [-0.25, -0.2) is 4.21 Å². The lowest BCUT2D eigenvalue weighted by Crippen LogP contribution is -2.36. The summed E-state index contributed by atoms with van der Waals surface area (Å²) >= 11 is -1.73. The van der Waals surface area contributed by atoms with Crippen LogP contribution in [0, 0.1) is 11.8 Å². The van der Waals surface area contributed by atoms with Crippen LogP contribution in [-0.4, -0.2) is 13.5 Å². The van der Waals surface area contributed by atoms with E-state index in [0.717, 1.165) is 0 Å². The summed E-state index contributed by atoms with van der Waals surface area (Å²) in [5.41, 5.74) is 0. The molecular formula is C8H18O2S. The summed E-state index contributed by atoms with van der Waals surface area (Å²) in [6.07, 6.45) is 0. The van der Waals surface area contributed by atoms with Crippen molar-refractivity contribution >= 4 is 11.1 Å². The topological polar surface area (TPSA) is 37.3 Å². The Morgan fingerprint density at radius 3 is 1.73 bits per heavy atom. The van der Waals surface area contributed by atoms with Gasteiger partial charge in [-0.3, -0.25) is 0 Å². The van der Waals surface area contributed by atoms with Crippen LogP contribution < -0.4 is 0 Å². The summed E-state index contributed by atoms with van der Waals surface area (Å²) in [6, 6.07) is 0. The molecule has 0 aliphatic carbocycles. The molecule has 0 spiro atoms. The van der Waals surface area contributed by atoms with Crippen molar-refractivity contribution in [3.05, 3.63) is 0 Å². The fourth-order valence-electron chi connectivity index (χ4n) is 0.962. The Labute approximate surface area is 71.7 Å². The average molecular weight is 178 g/mol. The molecule has 0 bridgehead atoms. The van der Waals surface area contributed by atoms with Gasteiger partial charge < -0.3 is 4.55 Å². The van der Waals surface area contributed by atoms with Crippen LogP contribution in [0.15, 0.2) is 0 Å². The Balaban J connectivity index is 4.42. The lowest BCUT2D eigenvalue weighted by molar-refractivity contribution is 0.325. The van der Waals surface area contributed by atoms with Crippen LogP contribution in [-0.2, 0) is 11.1 Å². The Bertz CT molecular complexity index is 152. The molecule has 0 amide bonds. The van der Waals surface area contributed by atoms with E-state index >= 15 is 0 Å². The van der Waals surface area contributed by atoms with E-state index in [2.05, 4.69) is 13.8 Å². The highest BCUT2D eigenvalue weighted by Crippen LogP contribution is 2.28. The molecule has 68 valence electrons. The molecule has 0 aromatic carbocycles. The highest BCUT2D eigenvalue weighted by Gasteiger charge is 2.33. The SMILES string of the molecule is CC(C)C(C)C(C)(C)S(=O)O. The average Bonchev–Trinajstić information content (AvgIpc) is 1.85. The van der Waals surface area contributed by atoms with E-state index in [0.29, 0.717) is 5.92 Å². The predicted molar refractivity (Wildman–Crippen MR) is 48.9 cm³/mol. The second kappa shape index (κ2) is 3.68. The molecular weight excluding hydrogens is 160 g/mol. The van der Waals surface area contributed by atoms with Gasteiger partial charge in [-0.1, -0.05) is 20.8 Å². The van der Waals surface area contributed by atoms with Gasteiger partial charge in [0.15, 0.2) is 11.1 Å². The molecule has 0 aliphatic heterocycles. The van der Waals surface area contributed by atoms with Crippen LogP contribution >= 0.6 is 0 Å². The zero-order valence-electron chi connectivity index (χ0n) is 7.92. The van der Waals surface area contributed by atoms with Gasteiger partial charge in [0, 0.05) is 0 Å². The van der Waals surface area contributed by atoms with Crippen LogP contribution in [0.3, 0.4) is 0 Å². The minimum atomic E-state index is -1.73. The van der Waals surface area contributed by atoms with Crippen LogP contribution in [0.25, 0.3) is 0 Å². The largest absolute Gasteiger partial charge is 0.306 e. The third kappa shape index (κ3) is 2.56. The molecule has 0 heterocycles. The molecule has 0 aromatic heterocycles. The van der Waals surface area contributed by atoms with Crippen LogP contribution in [0.2, 0.25) is 0 Å². The van der Waals surface area contributed by atoms with Gasteiger partial charge in [-0.2, -0.15) is 0 Å². The van der Waals surface area contributed by atoms with Crippen LogP contribution in [0.4, 0.5) is 0 Å². The molecule has 0 radical (unpaired) electrons. The maximum Gasteiger partial charge on any atom is 0.158 e. The van der Waals surface area contributed by atoms with E-state index in [1.807, 2.05) is 20.8 Å². The van der Waals surface area contributed by atoms with Gasteiger partial charge >= 0.3 is 0 Å². The normalized spacial score (nSPS) is 18.5. The molecule has 0 fully saturated rings. The molecule has 11 heavy (non-hydrogen) atoms. The first kappa shape index (κ1) is 11.1. The quantitative estimate of drug-likeness (QED) is 0.673. The van der Waals surface area contributed by atoms with Gasteiger partial charge in [-0.15, -0.1) is 0 Å². The summed E-state index contributed by atoms with van der Waals surface area (Å²) < 4.78 is 19.4. The standard InChI is InChI=1S/C8H18O2S/c1-6(2)7(3)8(4,5)11(9)10/h6-7H,1-5H3,(H,9,10). The molecule has 0 aliphatic rings. The predicted octanol–water partition coefficient (Wildman–Crippen LogP) is 2.28. The Morgan fingerprint density at radius 1 is 1.27 bits per heavy atom. The second-order valence-electron chi connectivity index (χ2n) is 3.89.